The van der Waals surface area contributed by atoms with Crippen LogP contribution in [0.3, 0.4) is 0 Å². The number of carbonyl (C=O) groups excluding carboxylic acids is 1. The van der Waals surface area contributed by atoms with Gasteiger partial charge in [0.15, 0.2) is 0 Å². The molecule has 1 aliphatic heterocycles. The number of hydrogen-bond acceptors (Lipinski definition) is 2. The van der Waals surface area contributed by atoms with Crippen molar-refractivity contribution in [2.24, 2.45) is 5.92 Å². The van der Waals surface area contributed by atoms with Gasteiger partial charge < -0.3 is 9.47 Å². The molecule has 4 rings (SSSR count). The van der Waals surface area contributed by atoms with Crippen LogP contribution in [0.2, 0.25) is 0 Å². The fourth-order valence-electron chi connectivity index (χ4n) is 3.65. The molecule has 2 aliphatic rings. The Bertz CT molecular complexity index is 638. The fraction of sp³-hybridized carbons (Fsp3) is 0.444. The number of benzene rings is 1. The van der Waals surface area contributed by atoms with Crippen LogP contribution in [0.15, 0.2) is 49.1 Å². The number of hydrogen-bond donors (Lipinski definition) is 0. The predicted octanol–water partition coefficient (Wildman–Crippen LogP) is 2.85. The normalized spacial score (nSPS) is 27.6. The molecule has 1 aromatic carbocycles. The van der Waals surface area contributed by atoms with Crippen LogP contribution in [0.1, 0.15) is 36.8 Å². The number of nitrogens with zero attached hydrogens (tertiary/aromatic N) is 3. The molecule has 3 atom stereocenters. The van der Waals surface area contributed by atoms with Crippen LogP contribution in [0.5, 0.6) is 0 Å². The smallest absolute Gasteiger partial charge is 0.226 e. The minimum absolute atomic E-state index is 0.198. The number of amides is 1. The van der Waals surface area contributed by atoms with Crippen LogP contribution < -0.4 is 0 Å². The van der Waals surface area contributed by atoms with Crippen molar-refractivity contribution in [2.45, 2.75) is 31.2 Å². The first-order valence-electron chi connectivity index (χ1n) is 8.14. The minimum atomic E-state index is 0.198. The molecule has 1 aromatic heterocycles. The molecule has 4 heteroatoms. The number of imidazole rings is 1. The van der Waals surface area contributed by atoms with Crippen LogP contribution >= 0.6 is 0 Å². The Morgan fingerprint density at radius 1 is 1.23 bits per heavy atom. The van der Waals surface area contributed by atoms with E-state index in [0.717, 1.165) is 32.4 Å². The molecule has 2 aromatic rings. The van der Waals surface area contributed by atoms with E-state index in [1.165, 1.54) is 5.56 Å². The number of rotatable bonds is 3. The second-order valence-electron chi connectivity index (χ2n) is 6.45. The Morgan fingerprint density at radius 3 is 2.86 bits per heavy atom. The van der Waals surface area contributed by atoms with Crippen molar-refractivity contribution in [3.05, 3.63) is 54.6 Å². The van der Waals surface area contributed by atoms with Gasteiger partial charge in [-0.25, -0.2) is 4.98 Å². The first-order chi connectivity index (χ1) is 10.8. The van der Waals surface area contributed by atoms with Gasteiger partial charge in [0.2, 0.25) is 5.91 Å². The third kappa shape index (κ3) is 2.54. The molecule has 1 aliphatic carbocycles. The summed E-state index contributed by atoms with van der Waals surface area (Å²) in [6.45, 7) is 1.73. The Balaban J connectivity index is 1.41. The summed E-state index contributed by atoms with van der Waals surface area (Å²) in [5, 5.41) is 0. The molecule has 1 amide bonds. The topological polar surface area (TPSA) is 38.1 Å². The van der Waals surface area contributed by atoms with E-state index in [2.05, 4.69) is 38.7 Å². The van der Waals surface area contributed by atoms with E-state index in [4.69, 9.17) is 0 Å². The van der Waals surface area contributed by atoms with Crippen molar-refractivity contribution in [1.29, 1.82) is 0 Å². The van der Waals surface area contributed by atoms with E-state index < -0.39 is 0 Å². The molecule has 114 valence electrons. The van der Waals surface area contributed by atoms with E-state index in [1.807, 2.05) is 24.8 Å². The van der Waals surface area contributed by atoms with E-state index in [9.17, 15) is 4.79 Å². The van der Waals surface area contributed by atoms with Crippen molar-refractivity contribution in [1.82, 2.24) is 14.5 Å². The minimum Gasteiger partial charge on any atom is -0.340 e. The van der Waals surface area contributed by atoms with E-state index >= 15 is 0 Å². The Hall–Kier alpha value is -2.10. The van der Waals surface area contributed by atoms with Crippen molar-refractivity contribution < 1.29 is 4.79 Å². The largest absolute Gasteiger partial charge is 0.340 e. The van der Waals surface area contributed by atoms with Crippen LogP contribution in [-0.2, 0) is 4.79 Å². The summed E-state index contributed by atoms with van der Waals surface area (Å²) in [5.74, 6) is 0.977. The van der Waals surface area contributed by atoms with E-state index in [0.29, 0.717) is 17.9 Å². The summed E-state index contributed by atoms with van der Waals surface area (Å²) < 4.78 is 2.14. The lowest BCUT2D eigenvalue weighted by Gasteiger charge is -2.33. The van der Waals surface area contributed by atoms with Crippen molar-refractivity contribution >= 4 is 5.91 Å². The summed E-state index contributed by atoms with van der Waals surface area (Å²) in [6.07, 6.45) is 8.90. The van der Waals surface area contributed by atoms with Crippen LogP contribution in [0.25, 0.3) is 0 Å². The highest BCUT2D eigenvalue weighted by atomic mass is 16.2. The molecular weight excluding hydrogens is 274 g/mol. The summed E-state index contributed by atoms with van der Waals surface area (Å²) in [4.78, 5) is 19.0. The van der Waals surface area contributed by atoms with Crippen molar-refractivity contribution in [2.75, 3.05) is 13.1 Å². The standard InChI is InChI=1S/C18H21N3O/c22-18(17-11-16(17)14-5-2-1-3-6-14)20-9-4-7-15(12-20)21-10-8-19-13-21/h1-3,5-6,8,10,13,15-17H,4,7,9,11-12H2/t15-,16+,17+/m0/s1. The lowest BCUT2D eigenvalue weighted by atomic mass is 10.0. The quantitative estimate of drug-likeness (QED) is 0.873. The molecule has 2 fully saturated rings. The highest BCUT2D eigenvalue weighted by Gasteiger charge is 2.46. The lowest BCUT2D eigenvalue weighted by molar-refractivity contribution is -0.134. The third-order valence-corrected chi connectivity index (χ3v) is 4.99. The van der Waals surface area contributed by atoms with Gasteiger partial charge in [0.05, 0.1) is 12.4 Å². The molecule has 0 unspecified atom stereocenters. The summed E-state index contributed by atoms with van der Waals surface area (Å²) in [7, 11) is 0. The van der Waals surface area contributed by atoms with Crippen LogP contribution in [0.4, 0.5) is 0 Å². The highest BCUT2D eigenvalue weighted by Crippen LogP contribution is 2.48. The lowest BCUT2D eigenvalue weighted by Crippen LogP contribution is -2.41. The van der Waals surface area contributed by atoms with Gasteiger partial charge in [-0.1, -0.05) is 30.3 Å². The zero-order chi connectivity index (χ0) is 14.9. The van der Waals surface area contributed by atoms with Gasteiger partial charge in [-0.3, -0.25) is 4.79 Å². The second-order valence-corrected chi connectivity index (χ2v) is 6.45. The molecule has 0 radical (unpaired) electrons. The first kappa shape index (κ1) is 13.6. The molecule has 4 nitrogen and oxygen atoms in total. The zero-order valence-electron chi connectivity index (χ0n) is 12.6. The van der Waals surface area contributed by atoms with Gasteiger partial charge in [0, 0.05) is 31.4 Å². The van der Waals surface area contributed by atoms with Gasteiger partial charge in [0.1, 0.15) is 0 Å². The summed E-state index contributed by atoms with van der Waals surface area (Å²) in [5.41, 5.74) is 1.31. The van der Waals surface area contributed by atoms with Gasteiger partial charge in [0.25, 0.3) is 0 Å². The number of likely N-dealkylation sites (tertiary alicyclic amines) is 1. The zero-order valence-corrected chi connectivity index (χ0v) is 12.6. The Kier molecular flexibility index (Phi) is 3.45. The molecule has 0 spiro atoms. The maximum atomic E-state index is 12.8. The van der Waals surface area contributed by atoms with Crippen LogP contribution in [0, 0.1) is 5.92 Å². The SMILES string of the molecule is O=C([C@@H]1C[C@@H]1c1ccccc1)N1CCC[C@H](n2ccnc2)C1. The Morgan fingerprint density at radius 2 is 2.09 bits per heavy atom. The molecule has 22 heavy (non-hydrogen) atoms. The molecule has 1 saturated heterocycles. The van der Waals surface area contributed by atoms with Gasteiger partial charge in [-0.15, -0.1) is 0 Å². The maximum absolute atomic E-state index is 12.8. The highest BCUT2D eigenvalue weighted by molar-refractivity contribution is 5.83. The van der Waals surface area contributed by atoms with Gasteiger partial charge in [-0.05, 0) is 30.7 Å². The molecular formula is C18H21N3O. The number of carbonyl (C=O) groups is 1. The average Bonchev–Trinajstić information content (AvgIpc) is 3.19. The second kappa shape index (κ2) is 5.59. The number of piperidine rings is 1. The van der Waals surface area contributed by atoms with E-state index in [1.54, 1.807) is 0 Å². The van der Waals surface area contributed by atoms with Crippen molar-refractivity contribution in [3.63, 3.8) is 0 Å². The third-order valence-electron chi connectivity index (χ3n) is 4.99. The van der Waals surface area contributed by atoms with Crippen molar-refractivity contribution in [3.8, 4) is 0 Å². The van der Waals surface area contributed by atoms with Gasteiger partial charge >= 0.3 is 0 Å². The fourth-order valence-corrected chi connectivity index (χ4v) is 3.65. The number of aromatic nitrogens is 2. The Labute approximate surface area is 130 Å². The summed E-state index contributed by atoms with van der Waals surface area (Å²) >= 11 is 0. The monoisotopic (exact) mass is 295 g/mol. The first-order valence-corrected chi connectivity index (χ1v) is 8.14. The summed E-state index contributed by atoms with van der Waals surface area (Å²) in [6, 6.07) is 10.8. The molecule has 1 saturated carbocycles. The maximum Gasteiger partial charge on any atom is 0.226 e. The van der Waals surface area contributed by atoms with Crippen LogP contribution in [-0.4, -0.2) is 33.4 Å². The molecule has 2 heterocycles. The average molecular weight is 295 g/mol. The van der Waals surface area contributed by atoms with E-state index in [-0.39, 0.29) is 5.92 Å². The predicted molar refractivity (Wildman–Crippen MR) is 84.4 cm³/mol. The molecule has 0 bridgehead atoms. The molecule has 0 N–H and O–H groups in total. The van der Waals surface area contributed by atoms with Gasteiger partial charge in [-0.2, -0.15) is 0 Å².